The van der Waals surface area contributed by atoms with Crippen LogP contribution in [-0.2, 0) is 19.4 Å². The van der Waals surface area contributed by atoms with Gasteiger partial charge in [-0.15, -0.1) is 0 Å². The number of rotatable bonds is 11. The second-order valence-corrected chi connectivity index (χ2v) is 8.98. The Kier molecular flexibility index (Phi) is 8.26. The Morgan fingerprint density at radius 1 is 0.971 bits per heavy atom. The number of anilines is 1. The Labute approximate surface area is 204 Å². The van der Waals surface area contributed by atoms with Crippen LogP contribution in [0.2, 0.25) is 0 Å². The summed E-state index contributed by atoms with van der Waals surface area (Å²) in [6.07, 6.45) is 3.71. The lowest BCUT2D eigenvalue weighted by atomic mass is 9.97. The van der Waals surface area contributed by atoms with E-state index in [0.29, 0.717) is 0 Å². The van der Waals surface area contributed by atoms with Crippen LogP contribution in [0.4, 0.5) is 21.9 Å². The zero-order valence-corrected chi connectivity index (χ0v) is 20.4. The highest BCUT2D eigenvalue weighted by molar-refractivity contribution is 5.68. The number of aryl methyl sites for hydroxylation is 2. The van der Waals surface area contributed by atoms with Crippen molar-refractivity contribution in [2.24, 2.45) is 0 Å². The minimum atomic E-state index is -1.20. The largest absolute Gasteiger partial charge is 0.465 e. The number of carbonyl (C=O) groups is 1. The SMILES string of the molecule is CCCN(CCC)c1cc2c(cc1C(C)N(Cc1cc([N+](=O)[O-])cc([N+](=O)[O-])c1)C(=O)O)CCC2. The predicted octanol–water partition coefficient (Wildman–Crippen LogP) is 5.86. The molecule has 0 bridgehead atoms. The molecule has 188 valence electrons. The van der Waals surface area contributed by atoms with Crippen molar-refractivity contribution in [1.82, 2.24) is 4.90 Å². The van der Waals surface area contributed by atoms with Gasteiger partial charge in [0, 0.05) is 30.9 Å². The molecule has 0 heterocycles. The Hall–Kier alpha value is -3.69. The molecule has 1 aliphatic carbocycles. The summed E-state index contributed by atoms with van der Waals surface area (Å²) >= 11 is 0. The first-order valence-corrected chi connectivity index (χ1v) is 12.0. The smallest absolute Gasteiger partial charge is 0.408 e. The standard InChI is InChI=1S/C25H32N4O6/c1-4-9-26(10-5-2)24-14-20-8-6-7-19(20)13-23(24)17(3)27(25(30)31)16-18-11-21(28(32)33)15-22(12-18)29(34)35/h11-15,17H,4-10,16H2,1-3H3,(H,30,31). The predicted molar refractivity (Wildman–Crippen MR) is 133 cm³/mol. The average Bonchev–Trinajstić information content (AvgIpc) is 3.28. The fraction of sp³-hybridized carbons (Fsp3) is 0.480. The molecule has 1 aliphatic rings. The molecule has 0 saturated carbocycles. The zero-order chi connectivity index (χ0) is 25.7. The molecule has 1 unspecified atom stereocenters. The van der Waals surface area contributed by atoms with Gasteiger partial charge in [0.2, 0.25) is 0 Å². The van der Waals surface area contributed by atoms with Crippen LogP contribution in [0.1, 0.15) is 68.3 Å². The lowest BCUT2D eigenvalue weighted by Crippen LogP contribution is -2.34. The number of hydrogen-bond donors (Lipinski definition) is 1. The van der Waals surface area contributed by atoms with Gasteiger partial charge in [0.25, 0.3) is 11.4 Å². The van der Waals surface area contributed by atoms with Crippen molar-refractivity contribution in [2.75, 3.05) is 18.0 Å². The van der Waals surface area contributed by atoms with Crippen molar-refractivity contribution in [2.45, 2.75) is 65.5 Å². The molecule has 0 spiro atoms. The van der Waals surface area contributed by atoms with Gasteiger partial charge in [-0.1, -0.05) is 19.9 Å². The minimum absolute atomic E-state index is 0.196. The van der Waals surface area contributed by atoms with E-state index in [-0.39, 0.29) is 12.1 Å². The van der Waals surface area contributed by atoms with E-state index in [1.807, 2.05) is 0 Å². The van der Waals surface area contributed by atoms with Gasteiger partial charge in [0.15, 0.2) is 0 Å². The summed E-state index contributed by atoms with van der Waals surface area (Å²) in [4.78, 5) is 37.0. The van der Waals surface area contributed by atoms with Crippen LogP contribution < -0.4 is 4.90 Å². The topological polar surface area (TPSA) is 130 Å². The third-order valence-corrected chi connectivity index (χ3v) is 6.47. The molecule has 0 saturated heterocycles. The number of nitro benzene ring substituents is 2. The molecule has 1 N–H and O–H groups in total. The highest BCUT2D eigenvalue weighted by atomic mass is 16.6. The quantitative estimate of drug-likeness (QED) is 0.312. The highest BCUT2D eigenvalue weighted by Crippen LogP contribution is 2.37. The lowest BCUT2D eigenvalue weighted by molar-refractivity contribution is -0.394. The number of nitro groups is 2. The molecular weight excluding hydrogens is 452 g/mol. The molecular formula is C25H32N4O6. The molecule has 35 heavy (non-hydrogen) atoms. The number of fused-ring (bicyclic) bond motifs is 1. The van der Waals surface area contributed by atoms with Crippen LogP contribution in [0, 0.1) is 20.2 Å². The Bertz CT molecular complexity index is 1080. The van der Waals surface area contributed by atoms with Crippen molar-refractivity contribution in [3.8, 4) is 0 Å². The number of hydrogen-bond acceptors (Lipinski definition) is 6. The van der Waals surface area contributed by atoms with Crippen molar-refractivity contribution in [3.63, 3.8) is 0 Å². The van der Waals surface area contributed by atoms with Crippen LogP contribution in [0.5, 0.6) is 0 Å². The maximum Gasteiger partial charge on any atom is 0.408 e. The summed E-state index contributed by atoms with van der Waals surface area (Å²) in [6.45, 7) is 7.50. The van der Waals surface area contributed by atoms with Gasteiger partial charge in [0.05, 0.1) is 28.5 Å². The van der Waals surface area contributed by atoms with Crippen LogP contribution in [-0.4, -0.2) is 39.0 Å². The highest BCUT2D eigenvalue weighted by Gasteiger charge is 2.28. The number of non-ortho nitro benzene ring substituents is 2. The summed E-state index contributed by atoms with van der Waals surface area (Å²) in [5.74, 6) is 0. The zero-order valence-electron chi connectivity index (χ0n) is 20.4. The lowest BCUT2D eigenvalue weighted by Gasteiger charge is -2.33. The van der Waals surface area contributed by atoms with Crippen LogP contribution in [0.25, 0.3) is 0 Å². The number of amides is 1. The fourth-order valence-electron chi connectivity index (χ4n) is 4.82. The Balaban J connectivity index is 2.05. The molecule has 1 amide bonds. The van der Waals surface area contributed by atoms with Gasteiger partial charge >= 0.3 is 6.09 Å². The normalized spacial score (nSPS) is 13.2. The van der Waals surface area contributed by atoms with E-state index in [4.69, 9.17) is 0 Å². The van der Waals surface area contributed by atoms with E-state index in [0.717, 1.165) is 62.5 Å². The molecule has 2 aromatic rings. The molecule has 10 heteroatoms. The number of benzene rings is 2. The molecule has 2 aromatic carbocycles. The second kappa shape index (κ2) is 11.2. The third-order valence-electron chi connectivity index (χ3n) is 6.47. The summed E-state index contributed by atoms with van der Waals surface area (Å²) < 4.78 is 0. The third kappa shape index (κ3) is 5.87. The maximum absolute atomic E-state index is 12.4. The van der Waals surface area contributed by atoms with Crippen LogP contribution >= 0.6 is 0 Å². The molecule has 1 atom stereocenters. The van der Waals surface area contributed by atoms with Crippen molar-refractivity contribution < 1.29 is 19.7 Å². The van der Waals surface area contributed by atoms with E-state index in [9.17, 15) is 30.1 Å². The van der Waals surface area contributed by atoms with Gasteiger partial charge < -0.3 is 10.0 Å². The second-order valence-electron chi connectivity index (χ2n) is 8.98. The van der Waals surface area contributed by atoms with Gasteiger partial charge in [-0.05, 0) is 67.3 Å². The summed E-state index contributed by atoms with van der Waals surface area (Å²) in [7, 11) is 0. The molecule has 3 rings (SSSR count). The number of carboxylic acid groups (broad SMARTS) is 1. The summed E-state index contributed by atoms with van der Waals surface area (Å²) in [5, 5.41) is 32.7. The Morgan fingerprint density at radius 3 is 2.00 bits per heavy atom. The first kappa shape index (κ1) is 25.9. The summed E-state index contributed by atoms with van der Waals surface area (Å²) in [5.41, 5.74) is 3.73. The maximum atomic E-state index is 12.4. The van der Waals surface area contributed by atoms with Gasteiger partial charge in [-0.3, -0.25) is 25.1 Å². The molecule has 10 nitrogen and oxygen atoms in total. The molecule has 0 aromatic heterocycles. The molecule has 0 radical (unpaired) electrons. The fourth-order valence-corrected chi connectivity index (χ4v) is 4.82. The van der Waals surface area contributed by atoms with Gasteiger partial charge in [-0.25, -0.2) is 4.79 Å². The van der Waals surface area contributed by atoms with E-state index < -0.39 is 33.4 Å². The monoisotopic (exact) mass is 484 g/mol. The Morgan fingerprint density at radius 2 is 1.51 bits per heavy atom. The van der Waals surface area contributed by atoms with E-state index in [1.54, 1.807) is 6.92 Å². The van der Waals surface area contributed by atoms with Gasteiger partial charge in [-0.2, -0.15) is 0 Å². The summed E-state index contributed by atoms with van der Waals surface area (Å²) in [6, 6.07) is 7.00. The molecule has 0 aliphatic heterocycles. The first-order valence-electron chi connectivity index (χ1n) is 12.0. The van der Waals surface area contributed by atoms with Crippen molar-refractivity contribution >= 4 is 23.2 Å². The van der Waals surface area contributed by atoms with E-state index in [1.165, 1.54) is 28.2 Å². The number of nitrogens with zero attached hydrogens (tertiary/aromatic N) is 4. The van der Waals surface area contributed by atoms with Crippen molar-refractivity contribution in [3.05, 3.63) is 72.8 Å². The average molecular weight is 485 g/mol. The van der Waals surface area contributed by atoms with Gasteiger partial charge in [0.1, 0.15) is 0 Å². The minimum Gasteiger partial charge on any atom is -0.465 e. The van der Waals surface area contributed by atoms with E-state index in [2.05, 4.69) is 30.9 Å². The first-order chi connectivity index (χ1) is 16.7. The molecule has 0 fully saturated rings. The van der Waals surface area contributed by atoms with E-state index >= 15 is 0 Å². The van der Waals surface area contributed by atoms with Crippen LogP contribution in [0.3, 0.4) is 0 Å². The van der Waals surface area contributed by atoms with Crippen LogP contribution in [0.15, 0.2) is 30.3 Å². The van der Waals surface area contributed by atoms with Crippen molar-refractivity contribution in [1.29, 1.82) is 0 Å².